The van der Waals surface area contributed by atoms with Gasteiger partial charge in [0.05, 0.1) is 5.02 Å². The third-order valence-corrected chi connectivity index (χ3v) is 3.35. The van der Waals surface area contributed by atoms with E-state index in [2.05, 4.69) is 15.3 Å². The highest BCUT2D eigenvalue weighted by molar-refractivity contribution is 7.98. The van der Waals surface area contributed by atoms with Gasteiger partial charge in [-0.2, -0.15) is 0 Å². The van der Waals surface area contributed by atoms with Gasteiger partial charge in [0.2, 0.25) is 0 Å². The van der Waals surface area contributed by atoms with Crippen LogP contribution in [0.15, 0.2) is 29.4 Å². The first-order chi connectivity index (χ1) is 9.08. The van der Waals surface area contributed by atoms with Crippen LogP contribution in [0, 0.1) is 5.82 Å². The van der Waals surface area contributed by atoms with Crippen molar-refractivity contribution in [3.8, 4) is 0 Å². The van der Waals surface area contributed by atoms with E-state index in [0.29, 0.717) is 22.7 Å². The molecule has 0 amide bonds. The van der Waals surface area contributed by atoms with Crippen molar-refractivity contribution in [2.24, 2.45) is 0 Å². The predicted octanol–water partition coefficient (Wildman–Crippen LogP) is 4.26. The van der Waals surface area contributed by atoms with Crippen LogP contribution in [0.4, 0.5) is 10.2 Å². The maximum atomic E-state index is 13.0. The molecule has 0 bridgehead atoms. The van der Waals surface area contributed by atoms with Gasteiger partial charge in [-0.3, -0.25) is 0 Å². The molecule has 7 heteroatoms. The molecule has 0 aliphatic heterocycles. The quantitative estimate of drug-likeness (QED) is 0.519. The summed E-state index contributed by atoms with van der Waals surface area (Å²) in [7, 11) is 0. The normalized spacial score (nSPS) is 10.5. The molecule has 1 aromatic heterocycles. The standard InChI is InChI=1S/C12H10Cl2FN3S/c1-19-12-17-10(14)5-11(18-12)16-6-7-2-3-9(15)8(13)4-7/h2-5H,6H2,1H3,(H,16,17,18). The lowest BCUT2D eigenvalue weighted by Gasteiger charge is -2.07. The Morgan fingerprint density at radius 3 is 2.74 bits per heavy atom. The second kappa shape index (κ2) is 6.41. The Kier molecular flexibility index (Phi) is 4.85. The summed E-state index contributed by atoms with van der Waals surface area (Å²) >= 11 is 13.0. The number of anilines is 1. The molecule has 0 fully saturated rings. The summed E-state index contributed by atoms with van der Waals surface area (Å²) in [5.74, 6) is 0.185. The smallest absolute Gasteiger partial charge is 0.190 e. The number of benzene rings is 1. The van der Waals surface area contributed by atoms with E-state index < -0.39 is 5.82 Å². The van der Waals surface area contributed by atoms with Gasteiger partial charge in [0.1, 0.15) is 16.8 Å². The van der Waals surface area contributed by atoms with Gasteiger partial charge < -0.3 is 5.32 Å². The Labute approximate surface area is 124 Å². The molecular formula is C12H10Cl2FN3S. The molecule has 2 rings (SSSR count). The summed E-state index contributed by atoms with van der Waals surface area (Å²) in [5, 5.41) is 4.16. The van der Waals surface area contributed by atoms with Crippen LogP contribution in [-0.2, 0) is 6.54 Å². The Hall–Kier alpha value is -1.04. The average molecular weight is 318 g/mol. The highest BCUT2D eigenvalue weighted by atomic mass is 35.5. The molecule has 0 spiro atoms. The van der Waals surface area contributed by atoms with Gasteiger partial charge >= 0.3 is 0 Å². The summed E-state index contributed by atoms with van der Waals surface area (Å²) < 4.78 is 13.0. The molecule has 0 saturated carbocycles. The van der Waals surface area contributed by atoms with Crippen LogP contribution >= 0.6 is 35.0 Å². The van der Waals surface area contributed by atoms with E-state index in [0.717, 1.165) is 5.56 Å². The zero-order chi connectivity index (χ0) is 13.8. The first kappa shape index (κ1) is 14.4. The van der Waals surface area contributed by atoms with Crippen LogP contribution < -0.4 is 5.32 Å². The van der Waals surface area contributed by atoms with E-state index in [4.69, 9.17) is 23.2 Å². The number of thioether (sulfide) groups is 1. The van der Waals surface area contributed by atoms with Crippen LogP contribution in [-0.4, -0.2) is 16.2 Å². The van der Waals surface area contributed by atoms with Crippen molar-refractivity contribution < 1.29 is 4.39 Å². The number of halogens is 3. The Morgan fingerprint density at radius 1 is 1.26 bits per heavy atom. The van der Waals surface area contributed by atoms with Crippen LogP contribution in [0.3, 0.4) is 0 Å². The summed E-state index contributed by atoms with van der Waals surface area (Å²) in [6.45, 7) is 0.473. The minimum atomic E-state index is -0.430. The second-order valence-electron chi connectivity index (χ2n) is 3.66. The topological polar surface area (TPSA) is 37.8 Å². The molecule has 1 N–H and O–H groups in total. The van der Waals surface area contributed by atoms with Crippen LogP contribution in [0.2, 0.25) is 10.2 Å². The lowest BCUT2D eigenvalue weighted by molar-refractivity contribution is 0.627. The van der Waals surface area contributed by atoms with Gasteiger partial charge in [-0.05, 0) is 24.0 Å². The van der Waals surface area contributed by atoms with Gasteiger partial charge in [-0.15, -0.1) is 0 Å². The van der Waals surface area contributed by atoms with Gasteiger partial charge in [-0.1, -0.05) is 41.0 Å². The van der Waals surface area contributed by atoms with Crippen molar-refractivity contribution in [3.05, 3.63) is 45.8 Å². The molecule has 1 heterocycles. The predicted molar refractivity (Wildman–Crippen MR) is 77.6 cm³/mol. The zero-order valence-corrected chi connectivity index (χ0v) is 12.3. The largest absolute Gasteiger partial charge is 0.366 e. The zero-order valence-electron chi connectivity index (χ0n) is 9.95. The third kappa shape index (κ3) is 3.96. The second-order valence-corrected chi connectivity index (χ2v) is 5.23. The highest BCUT2D eigenvalue weighted by Gasteiger charge is 2.04. The first-order valence-electron chi connectivity index (χ1n) is 5.35. The fourth-order valence-corrected chi connectivity index (χ4v) is 2.24. The number of nitrogens with zero attached hydrogens (tertiary/aromatic N) is 2. The molecule has 3 nitrogen and oxygen atoms in total. The van der Waals surface area contributed by atoms with Crippen molar-refractivity contribution in [1.82, 2.24) is 9.97 Å². The lowest BCUT2D eigenvalue weighted by atomic mass is 10.2. The molecular weight excluding hydrogens is 308 g/mol. The lowest BCUT2D eigenvalue weighted by Crippen LogP contribution is -2.03. The summed E-state index contributed by atoms with van der Waals surface area (Å²) in [6, 6.07) is 6.20. The molecule has 100 valence electrons. The van der Waals surface area contributed by atoms with E-state index >= 15 is 0 Å². The minimum Gasteiger partial charge on any atom is -0.366 e. The summed E-state index contributed by atoms with van der Waals surface area (Å²) in [6.07, 6.45) is 1.87. The fourth-order valence-electron chi connectivity index (χ4n) is 1.42. The average Bonchev–Trinajstić information content (AvgIpc) is 2.39. The van der Waals surface area contributed by atoms with Gasteiger partial charge in [0, 0.05) is 12.6 Å². The van der Waals surface area contributed by atoms with Gasteiger partial charge in [-0.25, -0.2) is 14.4 Å². The van der Waals surface area contributed by atoms with E-state index in [9.17, 15) is 4.39 Å². The van der Waals surface area contributed by atoms with E-state index in [1.165, 1.54) is 17.8 Å². The maximum absolute atomic E-state index is 13.0. The van der Waals surface area contributed by atoms with E-state index in [1.54, 1.807) is 18.2 Å². The molecule has 0 atom stereocenters. The summed E-state index contributed by atoms with van der Waals surface area (Å²) in [4.78, 5) is 8.30. The van der Waals surface area contributed by atoms with Crippen molar-refractivity contribution in [2.45, 2.75) is 11.7 Å². The molecule has 19 heavy (non-hydrogen) atoms. The minimum absolute atomic E-state index is 0.102. The highest BCUT2D eigenvalue weighted by Crippen LogP contribution is 2.19. The Morgan fingerprint density at radius 2 is 2.05 bits per heavy atom. The van der Waals surface area contributed by atoms with Crippen LogP contribution in [0.5, 0.6) is 0 Å². The number of hydrogen-bond donors (Lipinski definition) is 1. The van der Waals surface area contributed by atoms with Crippen molar-refractivity contribution in [3.63, 3.8) is 0 Å². The molecule has 2 aromatic rings. The van der Waals surface area contributed by atoms with Crippen molar-refractivity contribution in [1.29, 1.82) is 0 Å². The number of hydrogen-bond acceptors (Lipinski definition) is 4. The van der Waals surface area contributed by atoms with Gasteiger partial charge in [0.15, 0.2) is 5.16 Å². The number of aromatic nitrogens is 2. The summed E-state index contributed by atoms with van der Waals surface area (Å²) in [5.41, 5.74) is 0.854. The monoisotopic (exact) mass is 317 g/mol. The molecule has 1 aromatic carbocycles. The molecule has 0 unspecified atom stereocenters. The molecule has 0 saturated heterocycles. The number of nitrogens with one attached hydrogen (secondary N) is 1. The van der Waals surface area contributed by atoms with E-state index in [-0.39, 0.29) is 5.02 Å². The third-order valence-electron chi connectivity index (χ3n) is 2.31. The molecule has 0 aliphatic carbocycles. The SMILES string of the molecule is CSc1nc(Cl)cc(NCc2ccc(F)c(Cl)c2)n1. The van der Waals surface area contributed by atoms with Crippen LogP contribution in [0.25, 0.3) is 0 Å². The molecule has 0 radical (unpaired) electrons. The Bertz CT molecular complexity index is 595. The Balaban J connectivity index is 2.09. The van der Waals surface area contributed by atoms with Crippen molar-refractivity contribution >= 4 is 40.8 Å². The van der Waals surface area contributed by atoms with Crippen molar-refractivity contribution in [2.75, 3.05) is 11.6 Å². The van der Waals surface area contributed by atoms with Crippen LogP contribution in [0.1, 0.15) is 5.56 Å². The number of rotatable bonds is 4. The first-order valence-corrected chi connectivity index (χ1v) is 7.33. The maximum Gasteiger partial charge on any atom is 0.190 e. The van der Waals surface area contributed by atoms with Gasteiger partial charge in [0.25, 0.3) is 0 Å². The van der Waals surface area contributed by atoms with E-state index in [1.807, 2.05) is 6.26 Å². The fraction of sp³-hybridized carbons (Fsp3) is 0.167. The molecule has 0 aliphatic rings.